The fourth-order valence-electron chi connectivity index (χ4n) is 1.03. The van der Waals surface area contributed by atoms with Gasteiger partial charge in [-0.25, -0.2) is 0 Å². The molecule has 2 nitrogen and oxygen atoms in total. The number of benzene rings is 1. The Morgan fingerprint density at radius 1 is 1.29 bits per heavy atom. The zero-order chi connectivity index (χ0) is 9.80. The highest BCUT2D eigenvalue weighted by atomic mass is 127. The summed E-state index contributed by atoms with van der Waals surface area (Å²) < 4.78 is 6.60. The molecule has 0 N–H and O–H groups in total. The molecule has 0 amide bonds. The number of aromatic nitrogens is 1. The predicted octanol–water partition coefficient (Wildman–Crippen LogP) is 3.28. The van der Waals surface area contributed by atoms with Crippen molar-refractivity contribution in [2.45, 2.75) is 0 Å². The van der Waals surface area contributed by atoms with E-state index in [2.05, 4.69) is 33.6 Å². The van der Waals surface area contributed by atoms with Crippen LogP contribution in [0.25, 0.3) is 0 Å². The Morgan fingerprint density at radius 3 is 2.93 bits per heavy atom. The molecule has 0 bridgehead atoms. The lowest BCUT2D eigenvalue weighted by molar-refractivity contribution is 0.480. The van der Waals surface area contributed by atoms with Gasteiger partial charge in [-0.05, 0) is 59.0 Å². The first-order valence-corrected chi connectivity index (χ1v) is 5.17. The molecule has 0 spiro atoms. The van der Waals surface area contributed by atoms with Gasteiger partial charge < -0.3 is 4.74 Å². The maximum atomic E-state index is 5.57. The molecule has 0 saturated carbocycles. The van der Waals surface area contributed by atoms with Crippen molar-refractivity contribution in [2.75, 3.05) is 0 Å². The molecular weight excluding hydrogens is 289 g/mol. The SMILES string of the molecule is Ic1[c]ccc(Oc2cccnc2)c1. The highest BCUT2D eigenvalue weighted by Crippen LogP contribution is 2.21. The molecule has 0 aliphatic heterocycles. The molecule has 0 aliphatic carbocycles. The van der Waals surface area contributed by atoms with Crippen LogP contribution < -0.4 is 4.74 Å². The van der Waals surface area contributed by atoms with Gasteiger partial charge in [0.2, 0.25) is 0 Å². The summed E-state index contributed by atoms with van der Waals surface area (Å²) >= 11 is 2.20. The average molecular weight is 296 g/mol. The molecule has 1 radical (unpaired) electrons. The van der Waals surface area contributed by atoms with Crippen LogP contribution in [-0.4, -0.2) is 4.98 Å². The first-order valence-electron chi connectivity index (χ1n) is 4.10. The molecule has 0 fully saturated rings. The van der Waals surface area contributed by atoms with Crippen LogP contribution in [0, 0.1) is 9.64 Å². The molecule has 1 heterocycles. The van der Waals surface area contributed by atoms with E-state index in [1.165, 1.54) is 0 Å². The van der Waals surface area contributed by atoms with Crippen LogP contribution in [0.4, 0.5) is 0 Å². The molecular formula is C11H7INO. The number of nitrogens with zero attached hydrogens (tertiary/aromatic N) is 1. The minimum absolute atomic E-state index is 0.745. The monoisotopic (exact) mass is 296 g/mol. The van der Waals surface area contributed by atoms with E-state index in [0.717, 1.165) is 15.1 Å². The second-order valence-electron chi connectivity index (χ2n) is 2.66. The van der Waals surface area contributed by atoms with Crippen molar-refractivity contribution in [3.8, 4) is 11.5 Å². The Morgan fingerprint density at radius 2 is 2.21 bits per heavy atom. The molecule has 1 aromatic carbocycles. The van der Waals surface area contributed by atoms with Crippen molar-refractivity contribution in [1.29, 1.82) is 0 Å². The number of ether oxygens (including phenoxy) is 1. The summed E-state index contributed by atoms with van der Waals surface area (Å²) in [6.07, 6.45) is 3.40. The number of rotatable bonds is 2. The Labute approximate surface area is 96.1 Å². The molecule has 0 unspecified atom stereocenters. The van der Waals surface area contributed by atoms with Gasteiger partial charge in [-0.3, -0.25) is 4.98 Å². The third kappa shape index (κ3) is 2.45. The van der Waals surface area contributed by atoms with E-state index in [-0.39, 0.29) is 0 Å². The van der Waals surface area contributed by atoms with Gasteiger partial charge in [0.25, 0.3) is 0 Å². The first kappa shape index (κ1) is 9.45. The van der Waals surface area contributed by atoms with Crippen molar-refractivity contribution >= 4 is 22.6 Å². The molecule has 14 heavy (non-hydrogen) atoms. The van der Waals surface area contributed by atoms with Crippen molar-refractivity contribution < 1.29 is 4.74 Å². The van der Waals surface area contributed by atoms with E-state index in [0.29, 0.717) is 0 Å². The summed E-state index contributed by atoms with van der Waals surface area (Å²) in [5.74, 6) is 1.55. The zero-order valence-electron chi connectivity index (χ0n) is 7.27. The lowest BCUT2D eigenvalue weighted by Crippen LogP contribution is -1.84. The minimum atomic E-state index is 0.745. The van der Waals surface area contributed by atoms with E-state index in [9.17, 15) is 0 Å². The summed E-state index contributed by atoms with van der Waals surface area (Å²) in [5, 5.41) is 0. The number of hydrogen-bond donors (Lipinski definition) is 0. The fraction of sp³-hybridized carbons (Fsp3) is 0. The van der Waals surface area contributed by atoms with E-state index in [4.69, 9.17) is 4.74 Å². The van der Waals surface area contributed by atoms with Gasteiger partial charge in [-0.1, -0.05) is 0 Å². The first-order chi connectivity index (χ1) is 6.84. The second-order valence-corrected chi connectivity index (χ2v) is 3.83. The molecule has 69 valence electrons. The van der Waals surface area contributed by atoms with E-state index in [1.54, 1.807) is 12.4 Å². The van der Waals surface area contributed by atoms with Gasteiger partial charge in [0.15, 0.2) is 0 Å². The molecule has 0 saturated heterocycles. The lowest BCUT2D eigenvalue weighted by Gasteiger charge is -2.04. The topological polar surface area (TPSA) is 22.1 Å². The van der Waals surface area contributed by atoms with Gasteiger partial charge in [-0.15, -0.1) is 0 Å². The highest BCUT2D eigenvalue weighted by Gasteiger charge is 1.96. The van der Waals surface area contributed by atoms with E-state index in [1.807, 2.05) is 30.3 Å². The molecule has 0 atom stereocenters. The summed E-state index contributed by atoms with van der Waals surface area (Å²) in [6, 6.07) is 12.4. The molecule has 0 aliphatic rings. The van der Waals surface area contributed by atoms with Crippen molar-refractivity contribution in [1.82, 2.24) is 4.98 Å². The highest BCUT2D eigenvalue weighted by molar-refractivity contribution is 14.1. The third-order valence-corrected chi connectivity index (χ3v) is 2.23. The maximum absolute atomic E-state index is 5.57. The maximum Gasteiger partial charge on any atom is 0.145 e. The van der Waals surface area contributed by atoms with Crippen LogP contribution in [0.15, 0.2) is 42.7 Å². The number of pyridine rings is 1. The van der Waals surface area contributed by atoms with Crippen LogP contribution in [0.2, 0.25) is 0 Å². The van der Waals surface area contributed by atoms with Crippen LogP contribution >= 0.6 is 22.6 Å². The number of halogens is 1. The fourth-order valence-corrected chi connectivity index (χ4v) is 1.51. The van der Waals surface area contributed by atoms with Crippen LogP contribution in [-0.2, 0) is 0 Å². The average Bonchev–Trinajstić information content (AvgIpc) is 2.19. The minimum Gasteiger partial charge on any atom is -0.456 e. The van der Waals surface area contributed by atoms with Gasteiger partial charge in [0, 0.05) is 9.77 Å². The Bertz CT molecular complexity index is 417. The third-order valence-electron chi connectivity index (χ3n) is 1.61. The predicted molar refractivity (Wildman–Crippen MR) is 62.3 cm³/mol. The molecule has 2 rings (SSSR count). The summed E-state index contributed by atoms with van der Waals surface area (Å²) in [4.78, 5) is 3.97. The van der Waals surface area contributed by atoms with Gasteiger partial charge in [0.05, 0.1) is 6.20 Å². The van der Waals surface area contributed by atoms with Crippen molar-refractivity contribution in [2.24, 2.45) is 0 Å². The normalized spacial score (nSPS) is 9.79. The van der Waals surface area contributed by atoms with Crippen molar-refractivity contribution in [3.05, 3.63) is 52.4 Å². The molecule has 1 aromatic heterocycles. The standard InChI is InChI=1S/C11H7INO/c12-9-3-1-4-10(7-9)14-11-5-2-6-13-8-11/h1-2,4-8H. The van der Waals surface area contributed by atoms with E-state index < -0.39 is 0 Å². The van der Waals surface area contributed by atoms with Gasteiger partial charge >= 0.3 is 0 Å². The van der Waals surface area contributed by atoms with Crippen molar-refractivity contribution in [3.63, 3.8) is 0 Å². The molecule has 3 heteroatoms. The summed E-state index contributed by atoms with van der Waals surface area (Å²) in [7, 11) is 0. The molecule has 2 aromatic rings. The summed E-state index contributed by atoms with van der Waals surface area (Å²) in [5.41, 5.74) is 0. The van der Waals surface area contributed by atoms with Crippen LogP contribution in [0.1, 0.15) is 0 Å². The summed E-state index contributed by atoms with van der Waals surface area (Å²) in [6.45, 7) is 0. The second kappa shape index (κ2) is 4.41. The van der Waals surface area contributed by atoms with E-state index >= 15 is 0 Å². The van der Waals surface area contributed by atoms with Crippen LogP contribution in [0.5, 0.6) is 11.5 Å². The quantitative estimate of drug-likeness (QED) is 0.793. The van der Waals surface area contributed by atoms with Gasteiger partial charge in [0.1, 0.15) is 11.5 Å². The Balaban J connectivity index is 2.19. The lowest BCUT2D eigenvalue weighted by atomic mass is 10.3. The van der Waals surface area contributed by atoms with Crippen LogP contribution in [0.3, 0.4) is 0 Å². The Hall–Kier alpha value is -1.10. The largest absolute Gasteiger partial charge is 0.456 e. The zero-order valence-corrected chi connectivity index (χ0v) is 9.43. The number of hydrogen-bond acceptors (Lipinski definition) is 2. The van der Waals surface area contributed by atoms with Gasteiger partial charge in [-0.2, -0.15) is 0 Å². The Kier molecular flexibility index (Phi) is 2.98. The smallest absolute Gasteiger partial charge is 0.145 e.